The van der Waals surface area contributed by atoms with Gasteiger partial charge in [0.05, 0.1) is 18.8 Å². The molecule has 0 fully saturated rings. The third-order valence-electron chi connectivity index (χ3n) is 0.978. The van der Waals surface area contributed by atoms with Gasteiger partial charge in [-0.3, -0.25) is 0 Å². The molecule has 0 aliphatic carbocycles. The zero-order chi connectivity index (χ0) is 10.9. The van der Waals surface area contributed by atoms with Crippen LogP contribution >= 0.6 is 7.82 Å². The molecule has 80 valence electrons. The third kappa shape index (κ3) is 5.49. The van der Waals surface area contributed by atoms with Crippen molar-refractivity contribution in [1.82, 2.24) is 0 Å². The van der Waals surface area contributed by atoms with Crippen molar-refractivity contribution >= 4 is 7.82 Å². The fourth-order valence-electron chi connectivity index (χ4n) is 0.481. The molecular weight excluding hydrogens is 203 g/mol. The Labute approximate surface area is 84.5 Å². The van der Waals surface area contributed by atoms with Crippen LogP contribution in [-0.4, -0.2) is 0 Å². The molecule has 0 aromatic carbocycles. The van der Waals surface area contributed by atoms with E-state index in [2.05, 4.69) is 0 Å². The smallest absolute Gasteiger partial charge is 0.394 e. The largest absolute Gasteiger partial charge is 0.645 e. The van der Waals surface area contributed by atoms with Crippen molar-refractivity contribution in [2.24, 2.45) is 0 Å². The van der Waals surface area contributed by atoms with Gasteiger partial charge in [-0.1, -0.05) is 18.2 Å². The Morgan fingerprint density at radius 3 is 1.29 bits per heavy atom. The quantitative estimate of drug-likeness (QED) is 0.503. The topological polar surface area (TPSA) is 44.8 Å². The summed E-state index contributed by atoms with van der Waals surface area (Å²) >= 11 is 0. The van der Waals surface area contributed by atoms with Gasteiger partial charge in [-0.05, 0) is 20.8 Å². The standard InChI is InChI=1S/C9H15O4P/c1-4-7-11-14(10,12-8-5-2)13-9-6-3/h4-9H,1-3H3. The van der Waals surface area contributed by atoms with E-state index in [1.165, 1.54) is 18.8 Å². The lowest BCUT2D eigenvalue weighted by Crippen LogP contribution is -1.88. The molecule has 0 spiro atoms. The van der Waals surface area contributed by atoms with Gasteiger partial charge in [-0.15, -0.1) is 0 Å². The van der Waals surface area contributed by atoms with Gasteiger partial charge in [0.1, 0.15) is 0 Å². The maximum atomic E-state index is 11.7. The first kappa shape index (κ1) is 12.8. The highest BCUT2D eigenvalue weighted by Crippen LogP contribution is 2.50. The SMILES string of the molecule is CC=COP(=O)(OC=CC)OC=CC. The van der Waals surface area contributed by atoms with Crippen LogP contribution < -0.4 is 0 Å². The van der Waals surface area contributed by atoms with E-state index in [-0.39, 0.29) is 0 Å². The Kier molecular flexibility index (Phi) is 6.68. The summed E-state index contributed by atoms with van der Waals surface area (Å²) < 4.78 is 26.1. The first-order valence-electron chi connectivity index (χ1n) is 4.17. The van der Waals surface area contributed by atoms with Crippen LogP contribution in [0.2, 0.25) is 0 Å². The van der Waals surface area contributed by atoms with Gasteiger partial charge in [0.2, 0.25) is 0 Å². The fourth-order valence-corrected chi connectivity index (χ4v) is 1.44. The Balaban J connectivity index is 4.39. The summed E-state index contributed by atoms with van der Waals surface area (Å²) in [5, 5.41) is 0. The summed E-state index contributed by atoms with van der Waals surface area (Å²) in [5.41, 5.74) is 0. The molecule has 0 aromatic heterocycles. The highest BCUT2D eigenvalue weighted by atomic mass is 31.2. The van der Waals surface area contributed by atoms with E-state index in [1.807, 2.05) is 0 Å². The Hall–Kier alpha value is -1.15. The summed E-state index contributed by atoms with van der Waals surface area (Å²) in [6.07, 6.45) is 8.54. The predicted molar refractivity (Wildman–Crippen MR) is 55.3 cm³/mol. The minimum absolute atomic E-state index is 1.26. The van der Waals surface area contributed by atoms with Crippen molar-refractivity contribution in [3.05, 3.63) is 37.0 Å². The average Bonchev–Trinajstić information content (AvgIpc) is 2.21. The Bertz CT molecular complexity index is 225. The van der Waals surface area contributed by atoms with E-state index in [9.17, 15) is 4.57 Å². The van der Waals surface area contributed by atoms with E-state index in [1.54, 1.807) is 39.0 Å². The van der Waals surface area contributed by atoms with Gasteiger partial charge in [0, 0.05) is 0 Å². The first-order chi connectivity index (χ1) is 6.68. The maximum absolute atomic E-state index is 11.7. The minimum atomic E-state index is -3.53. The van der Waals surface area contributed by atoms with E-state index in [0.717, 1.165) is 0 Å². The number of allylic oxidation sites excluding steroid dienone is 3. The van der Waals surface area contributed by atoms with Gasteiger partial charge in [0.25, 0.3) is 0 Å². The normalized spacial score (nSPS) is 16.2. The molecular formula is C9H15O4P. The zero-order valence-electron chi connectivity index (χ0n) is 8.54. The highest BCUT2D eigenvalue weighted by Gasteiger charge is 2.26. The van der Waals surface area contributed by atoms with Gasteiger partial charge in [0.15, 0.2) is 0 Å². The number of hydrogen-bond acceptors (Lipinski definition) is 4. The van der Waals surface area contributed by atoms with Gasteiger partial charge in [-0.2, -0.15) is 4.57 Å². The molecule has 0 aliphatic heterocycles. The number of phosphoric acid groups is 1. The van der Waals surface area contributed by atoms with E-state index in [4.69, 9.17) is 13.6 Å². The molecule has 4 nitrogen and oxygen atoms in total. The average molecular weight is 218 g/mol. The van der Waals surface area contributed by atoms with Gasteiger partial charge >= 0.3 is 7.82 Å². The molecule has 0 unspecified atom stereocenters. The Morgan fingerprint density at radius 2 is 1.07 bits per heavy atom. The lowest BCUT2D eigenvalue weighted by Gasteiger charge is -2.12. The monoisotopic (exact) mass is 218 g/mol. The fraction of sp³-hybridized carbons (Fsp3) is 0.333. The summed E-state index contributed by atoms with van der Waals surface area (Å²) in [5.74, 6) is 0. The van der Waals surface area contributed by atoms with Crippen molar-refractivity contribution in [2.75, 3.05) is 0 Å². The second-order valence-corrected chi connectivity index (χ2v) is 3.70. The molecule has 0 rings (SSSR count). The van der Waals surface area contributed by atoms with Crippen molar-refractivity contribution in [1.29, 1.82) is 0 Å². The summed E-state index contributed by atoms with van der Waals surface area (Å²) in [6.45, 7) is 5.20. The molecule has 5 heteroatoms. The molecule has 0 bridgehead atoms. The zero-order valence-corrected chi connectivity index (χ0v) is 9.44. The summed E-state index contributed by atoms with van der Waals surface area (Å²) in [7, 11) is -3.53. The molecule has 0 amide bonds. The summed E-state index contributed by atoms with van der Waals surface area (Å²) in [4.78, 5) is 0. The highest BCUT2D eigenvalue weighted by molar-refractivity contribution is 7.48. The number of hydrogen-bond donors (Lipinski definition) is 0. The van der Waals surface area contributed by atoms with Crippen LogP contribution in [0.5, 0.6) is 0 Å². The van der Waals surface area contributed by atoms with Crippen LogP contribution in [0.15, 0.2) is 37.0 Å². The van der Waals surface area contributed by atoms with Crippen molar-refractivity contribution in [3.63, 3.8) is 0 Å². The van der Waals surface area contributed by atoms with E-state index in [0.29, 0.717) is 0 Å². The van der Waals surface area contributed by atoms with Crippen LogP contribution in [0, 0.1) is 0 Å². The van der Waals surface area contributed by atoms with Gasteiger partial charge < -0.3 is 13.6 Å². The lowest BCUT2D eigenvalue weighted by molar-refractivity contribution is 0.230. The van der Waals surface area contributed by atoms with Crippen LogP contribution in [-0.2, 0) is 18.1 Å². The molecule has 14 heavy (non-hydrogen) atoms. The van der Waals surface area contributed by atoms with Crippen molar-refractivity contribution in [3.8, 4) is 0 Å². The van der Waals surface area contributed by atoms with Crippen LogP contribution in [0.25, 0.3) is 0 Å². The molecule has 0 atom stereocenters. The second kappa shape index (κ2) is 7.27. The summed E-state index contributed by atoms with van der Waals surface area (Å²) in [6, 6.07) is 0. The number of rotatable bonds is 6. The van der Waals surface area contributed by atoms with Crippen molar-refractivity contribution < 1.29 is 18.1 Å². The lowest BCUT2D eigenvalue weighted by atomic mass is 10.7. The van der Waals surface area contributed by atoms with Crippen molar-refractivity contribution in [2.45, 2.75) is 20.8 Å². The first-order valence-corrected chi connectivity index (χ1v) is 5.63. The maximum Gasteiger partial charge on any atom is 0.645 e. The van der Waals surface area contributed by atoms with Crippen LogP contribution in [0.4, 0.5) is 0 Å². The molecule has 0 heterocycles. The second-order valence-electron chi connectivity index (χ2n) is 2.17. The minimum Gasteiger partial charge on any atom is -0.394 e. The van der Waals surface area contributed by atoms with E-state index >= 15 is 0 Å². The third-order valence-corrected chi connectivity index (χ3v) is 2.12. The molecule has 0 aliphatic rings. The Morgan fingerprint density at radius 1 is 0.786 bits per heavy atom. The molecule has 0 aromatic rings. The molecule has 0 saturated heterocycles. The van der Waals surface area contributed by atoms with Gasteiger partial charge in [-0.25, -0.2) is 0 Å². The molecule has 0 N–H and O–H groups in total. The molecule has 0 saturated carbocycles. The molecule has 0 radical (unpaired) electrons. The van der Waals surface area contributed by atoms with Crippen LogP contribution in [0.3, 0.4) is 0 Å². The number of phosphoric ester groups is 1. The predicted octanol–water partition coefficient (Wildman–Crippen LogP) is 3.75. The van der Waals surface area contributed by atoms with Crippen LogP contribution in [0.1, 0.15) is 20.8 Å². The van der Waals surface area contributed by atoms with E-state index < -0.39 is 7.82 Å².